The van der Waals surface area contributed by atoms with Crippen molar-refractivity contribution in [2.24, 2.45) is 0 Å². The predicted molar refractivity (Wildman–Crippen MR) is 95.9 cm³/mol. The fraction of sp³-hybridized carbons (Fsp3) is 0.353. The number of fused-ring (bicyclic) bond motifs is 1. The van der Waals surface area contributed by atoms with Gasteiger partial charge in [-0.15, -0.1) is 0 Å². The van der Waals surface area contributed by atoms with Gasteiger partial charge < -0.3 is 15.6 Å². The second-order valence-corrected chi connectivity index (χ2v) is 5.90. The number of likely N-dealkylation sites (N-methyl/N-ethyl adjacent to an activating group) is 1. The van der Waals surface area contributed by atoms with E-state index < -0.39 is 5.54 Å². The number of hydrogen-bond acceptors (Lipinski definition) is 6. The Kier molecular flexibility index (Phi) is 4.60. The van der Waals surface area contributed by atoms with Gasteiger partial charge in [0.05, 0.1) is 0 Å². The van der Waals surface area contributed by atoms with Crippen LogP contribution in [0.3, 0.4) is 0 Å². The van der Waals surface area contributed by atoms with Crippen molar-refractivity contribution in [2.75, 3.05) is 11.9 Å². The van der Waals surface area contributed by atoms with Crippen molar-refractivity contribution in [1.29, 1.82) is 0 Å². The molecular weight excluding hydrogens is 318 g/mol. The molecule has 0 radical (unpaired) electrons. The van der Waals surface area contributed by atoms with E-state index in [2.05, 4.69) is 35.6 Å². The molecule has 25 heavy (non-hydrogen) atoms. The lowest BCUT2D eigenvalue weighted by Gasteiger charge is -2.28. The Morgan fingerprint density at radius 3 is 2.88 bits per heavy atom. The topological polar surface area (TPSA) is 108 Å². The van der Waals surface area contributed by atoms with Crippen LogP contribution in [0.25, 0.3) is 22.4 Å². The van der Waals surface area contributed by atoms with Crippen LogP contribution < -0.4 is 10.6 Å². The van der Waals surface area contributed by atoms with E-state index >= 15 is 0 Å². The van der Waals surface area contributed by atoms with E-state index in [1.807, 2.05) is 39.1 Å². The minimum atomic E-state index is -0.795. The lowest BCUT2D eigenvalue weighted by Crippen LogP contribution is -2.50. The van der Waals surface area contributed by atoms with E-state index in [4.69, 9.17) is 0 Å². The molecule has 1 atom stereocenters. The number of aromatic nitrogens is 5. The lowest BCUT2D eigenvalue weighted by molar-refractivity contribution is -0.125. The molecule has 8 nitrogen and oxygen atoms in total. The molecule has 3 N–H and O–H groups in total. The molecule has 0 aliphatic rings. The number of carbonyl (C=O) groups excluding carboxylic acids is 1. The Labute approximate surface area is 145 Å². The molecule has 3 rings (SSSR count). The van der Waals surface area contributed by atoms with Crippen LogP contribution in [0.4, 0.5) is 5.95 Å². The third kappa shape index (κ3) is 3.28. The van der Waals surface area contributed by atoms with Gasteiger partial charge in [-0.25, -0.2) is 15.0 Å². The fourth-order valence-electron chi connectivity index (χ4n) is 2.54. The van der Waals surface area contributed by atoms with Crippen LogP contribution in [0.2, 0.25) is 0 Å². The monoisotopic (exact) mass is 339 g/mol. The molecule has 130 valence electrons. The molecule has 3 aromatic heterocycles. The van der Waals surface area contributed by atoms with Gasteiger partial charge >= 0.3 is 0 Å². The Balaban J connectivity index is 1.93. The highest BCUT2D eigenvalue weighted by Gasteiger charge is 2.31. The van der Waals surface area contributed by atoms with Gasteiger partial charge in [0, 0.05) is 29.9 Å². The first-order valence-electron chi connectivity index (χ1n) is 8.25. The Morgan fingerprint density at radius 1 is 1.28 bits per heavy atom. The lowest BCUT2D eigenvalue weighted by atomic mass is 9.98. The van der Waals surface area contributed by atoms with Crippen molar-refractivity contribution in [2.45, 2.75) is 32.7 Å². The SMILES string of the molecule is CCNC(=O)[C@@](C)(CC)Nc1ncnc(-c2c[nH]c3ncccc23)n1. The number of anilines is 1. The van der Waals surface area contributed by atoms with Crippen molar-refractivity contribution in [1.82, 2.24) is 30.2 Å². The van der Waals surface area contributed by atoms with Gasteiger partial charge in [-0.1, -0.05) is 6.92 Å². The molecule has 0 unspecified atom stereocenters. The van der Waals surface area contributed by atoms with Gasteiger partial charge in [-0.05, 0) is 32.4 Å². The zero-order valence-corrected chi connectivity index (χ0v) is 14.5. The second-order valence-electron chi connectivity index (χ2n) is 5.90. The molecule has 0 bridgehead atoms. The van der Waals surface area contributed by atoms with Gasteiger partial charge in [0.2, 0.25) is 11.9 Å². The van der Waals surface area contributed by atoms with Crippen LogP contribution in [0.1, 0.15) is 27.2 Å². The maximum atomic E-state index is 12.3. The summed E-state index contributed by atoms with van der Waals surface area (Å²) in [5.74, 6) is 0.792. The summed E-state index contributed by atoms with van der Waals surface area (Å²) in [6.45, 7) is 6.23. The zero-order valence-electron chi connectivity index (χ0n) is 14.5. The van der Waals surface area contributed by atoms with Gasteiger partial charge in [0.1, 0.15) is 17.5 Å². The van der Waals surface area contributed by atoms with Crippen LogP contribution >= 0.6 is 0 Å². The summed E-state index contributed by atoms with van der Waals surface area (Å²) >= 11 is 0. The first-order chi connectivity index (χ1) is 12.1. The number of H-pyrrole nitrogens is 1. The van der Waals surface area contributed by atoms with Gasteiger partial charge in [0.15, 0.2) is 5.82 Å². The van der Waals surface area contributed by atoms with Crippen molar-refractivity contribution < 1.29 is 4.79 Å². The highest BCUT2D eigenvalue weighted by molar-refractivity contribution is 5.91. The maximum absolute atomic E-state index is 12.3. The molecule has 0 aliphatic carbocycles. The van der Waals surface area contributed by atoms with Crippen molar-refractivity contribution in [3.8, 4) is 11.4 Å². The highest BCUT2D eigenvalue weighted by Crippen LogP contribution is 2.25. The van der Waals surface area contributed by atoms with E-state index in [-0.39, 0.29) is 5.91 Å². The van der Waals surface area contributed by atoms with E-state index in [1.165, 1.54) is 6.33 Å². The zero-order chi connectivity index (χ0) is 17.9. The molecule has 3 heterocycles. The minimum absolute atomic E-state index is 0.0873. The highest BCUT2D eigenvalue weighted by atomic mass is 16.2. The number of amides is 1. The molecule has 8 heteroatoms. The Hall–Kier alpha value is -3.03. The summed E-state index contributed by atoms with van der Waals surface area (Å²) in [6, 6.07) is 3.82. The molecule has 0 aromatic carbocycles. The minimum Gasteiger partial charge on any atom is -0.354 e. The number of carbonyl (C=O) groups is 1. The van der Waals surface area contributed by atoms with E-state index in [0.29, 0.717) is 24.7 Å². The molecule has 0 fully saturated rings. The smallest absolute Gasteiger partial charge is 0.245 e. The average Bonchev–Trinajstić information content (AvgIpc) is 3.06. The Bertz CT molecular complexity index is 891. The predicted octanol–water partition coefficient (Wildman–Crippen LogP) is 2.13. The summed E-state index contributed by atoms with van der Waals surface area (Å²) in [7, 11) is 0. The van der Waals surface area contributed by atoms with Gasteiger partial charge in [-0.2, -0.15) is 4.98 Å². The number of hydrogen-bond donors (Lipinski definition) is 3. The first kappa shape index (κ1) is 16.8. The summed E-state index contributed by atoms with van der Waals surface area (Å²) in [6.07, 6.45) is 5.58. The quantitative estimate of drug-likeness (QED) is 0.635. The largest absolute Gasteiger partial charge is 0.354 e. The van der Waals surface area contributed by atoms with E-state index in [0.717, 1.165) is 16.6 Å². The van der Waals surface area contributed by atoms with Crippen LogP contribution in [0, 0.1) is 0 Å². The normalized spacial score (nSPS) is 13.4. The van der Waals surface area contributed by atoms with Crippen LogP contribution in [-0.4, -0.2) is 42.9 Å². The van der Waals surface area contributed by atoms with E-state index in [9.17, 15) is 4.79 Å². The van der Waals surface area contributed by atoms with Crippen LogP contribution in [0.5, 0.6) is 0 Å². The number of aromatic amines is 1. The summed E-state index contributed by atoms with van der Waals surface area (Å²) in [5, 5.41) is 6.91. The molecular formula is C17H21N7O. The molecule has 0 saturated carbocycles. The van der Waals surface area contributed by atoms with Crippen molar-refractivity contribution >= 4 is 22.9 Å². The van der Waals surface area contributed by atoms with E-state index in [1.54, 1.807) is 6.20 Å². The van der Waals surface area contributed by atoms with Crippen molar-refractivity contribution in [3.63, 3.8) is 0 Å². The molecule has 0 spiro atoms. The first-order valence-corrected chi connectivity index (χ1v) is 8.25. The van der Waals surface area contributed by atoms with Gasteiger partial charge in [0.25, 0.3) is 0 Å². The summed E-state index contributed by atoms with van der Waals surface area (Å²) in [5.41, 5.74) is 0.814. The summed E-state index contributed by atoms with van der Waals surface area (Å²) < 4.78 is 0. The maximum Gasteiger partial charge on any atom is 0.245 e. The molecule has 1 amide bonds. The van der Waals surface area contributed by atoms with Crippen molar-refractivity contribution in [3.05, 3.63) is 30.9 Å². The van der Waals surface area contributed by atoms with Crippen LogP contribution in [-0.2, 0) is 4.79 Å². The molecule has 0 saturated heterocycles. The van der Waals surface area contributed by atoms with Gasteiger partial charge in [-0.3, -0.25) is 4.79 Å². The second kappa shape index (κ2) is 6.84. The number of pyridine rings is 1. The number of nitrogens with zero attached hydrogens (tertiary/aromatic N) is 4. The third-order valence-corrected chi connectivity index (χ3v) is 4.20. The number of rotatable bonds is 6. The molecule has 0 aliphatic heterocycles. The molecule has 3 aromatic rings. The summed E-state index contributed by atoms with van der Waals surface area (Å²) in [4.78, 5) is 32.6. The average molecular weight is 339 g/mol. The standard InChI is InChI=1S/C17H21N7O/c1-4-17(3,15(25)18-5-2)24-16-22-10-21-14(23-16)12-9-20-13-11(12)7-6-8-19-13/h6-10H,4-5H2,1-3H3,(H,18,25)(H,19,20)(H,21,22,23,24)/t17-/m1/s1. The fourth-order valence-corrected chi connectivity index (χ4v) is 2.54. The Morgan fingerprint density at radius 2 is 2.12 bits per heavy atom. The van der Waals surface area contributed by atoms with Crippen LogP contribution in [0.15, 0.2) is 30.9 Å². The number of nitrogens with one attached hydrogen (secondary N) is 3. The third-order valence-electron chi connectivity index (χ3n) is 4.20.